The fourth-order valence-corrected chi connectivity index (χ4v) is 3.64. The highest BCUT2D eigenvalue weighted by Crippen LogP contribution is 2.34. The number of nitrogens with one attached hydrogen (secondary N) is 1. The third-order valence-corrected chi connectivity index (χ3v) is 5.08. The molecule has 106 valence electrons. The first kappa shape index (κ1) is 15.2. The van der Waals surface area contributed by atoms with Crippen LogP contribution in [0.25, 0.3) is 0 Å². The zero-order chi connectivity index (χ0) is 13.8. The minimum absolute atomic E-state index is 0.622. The molecule has 1 aliphatic rings. The highest BCUT2D eigenvalue weighted by molar-refractivity contribution is 6.42. The van der Waals surface area contributed by atoms with E-state index in [9.17, 15) is 0 Å². The molecular weight excluding hydrogens is 277 g/mol. The molecule has 0 radical (unpaired) electrons. The fraction of sp³-hybridized carbons (Fsp3) is 0.625. The zero-order valence-electron chi connectivity index (χ0n) is 11.8. The lowest BCUT2D eigenvalue weighted by Gasteiger charge is -2.35. The Hall–Kier alpha value is -0.240. The van der Waals surface area contributed by atoms with Gasteiger partial charge in [-0.25, -0.2) is 0 Å². The Morgan fingerprint density at radius 3 is 2.79 bits per heavy atom. The van der Waals surface area contributed by atoms with Gasteiger partial charge in [0, 0.05) is 6.04 Å². The number of rotatable bonds is 4. The van der Waals surface area contributed by atoms with Crippen LogP contribution in [0.2, 0.25) is 10.0 Å². The van der Waals surface area contributed by atoms with Gasteiger partial charge in [0.05, 0.1) is 10.0 Å². The molecule has 1 fully saturated rings. The summed E-state index contributed by atoms with van der Waals surface area (Å²) in [4.78, 5) is 0. The molecule has 1 aliphatic carbocycles. The van der Waals surface area contributed by atoms with Crippen molar-refractivity contribution in [1.82, 2.24) is 5.32 Å². The summed E-state index contributed by atoms with van der Waals surface area (Å²) in [6, 6.07) is 6.59. The molecule has 1 aromatic rings. The third-order valence-electron chi connectivity index (χ3n) is 4.22. The Kier molecular flexibility index (Phi) is 5.56. The topological polar surface area (TPSA) is 12.0 Å². The minimum Gasteiger partial charge on any atom is -0.314 e. The maximum absolute atomic E-state index is 6.32. The molecule has 3 unspecified atom stereocenters. The van der Waals surface area contributed by atoms with Gasteiger partial charge in [0.1, 0.15) is 0 Å². The average Bonchev–Trinajstić information content (AvgIpc) is 2.38. The van der Waals surface area contributed by atoms with E-state index in [1.165, 1.54) is 24.8 Å². The van der Waals surface area contributed by atoms with E-state index in [2.05, 4.69) is 25.2 Å². The lowest BCUT2D eigenvalue weighted by atomic mass is 9.76. The number of halogens is 2. The molecule has 1 N–H and O–H groups in total. The lowest BCUT2D eigenvalue weighted by molar-refractivity contribution is 0.214. The molecule has 1 aromatic carbocycles. The standard InChI is InChI=1S/C16H23Cl2N/c1-3-19-15-8-7-11(2)9-13(15)10-12-5-4-6-14(17)16(12)18/h4-6,11,13,15,19H,3,7-10H2,1-2H3. The number of hydrogen-bond acceptors (Lipinski definition) is 1. The van der Waals surface area contributed by atoms with Gasteiger partial charge in [-0.3, -0.25) is 0 Å². The predicted molar refractivity (Wildman–Crippen MR) is 84.1 cm³/mol. The van der Waals surface area contributed by atoms with Crippen LogP contribution in [-0.2, 0) is 6.42 Å². The van der Waals surface area contributed by atoms with E-state index in [4.69, 9.17) is 23.2 Å². The molecule has 0 spiro atoms. The summed E-state index contributed by atoms with van der Waals surface area (Å²) >= 11 is 12.4. The summed E-state index contributed by atoms with van der Waals surface area (Å²) < 4.78 is 0. The van der Waals surface area contributed by atoms with E-state index in [0.29, 0.717) is 17.0 Å². The van der Waals surface area contributed by atoms with Crippen LogP contribution in [0.5, 0.6) is 0 Å². The molecule has 2 rings (SSSR count). The molecule has 0 saturated heterocycles. The van der Waals surface area contributed by atoms with Gasteiger partial charge in [0.2, 0.25) is 0 Å². The van der Waals surface area contributed by atoms with E-state index >= 15 is 0 Å². The van der Waals surface area contributed by atoms with E-state index in [1.807, 2.05) is 12.1 Å². The molecule has 1 saturated carbocycles. The van der Waals surface area contributed by atoms with Crippen LogP contribution in [0.4, 0.5) is 0 Å². The molecule has 0 bridgehead atoms. The van der Waals surface area contributed by atoms with Crippen LogP contribution in [0, 0.1) is 11.8 Å². The van der Waals surface area contributed by atoms with Crippen molar-refractivity contribution in [3.05, 3.63) is 33.8 Å². The Balaban J connectivity index is 2.11. The van der Waals surface area contributed by atoms with Crippen LogP contribution in [-0.4, -0.2) is 12.6 Å². The smallest absolute Gasteiger partial charge is 0.0624 e. The molecular formula is C16H23Cl2N. The second-order valence-corrected chi connectivity index (χ2v) is 6.54. The SMILES string of the molecule is CCNC1CCC(C)CC1Cc1cccc(Cl)c1Cl. The first-order chi connectivity index (χ1) is 9.11. The average molecular weight is 300 g/mol. The summed E-state index contributed by atoms with van der Waals surface area (Å²) in [5, 5.41) is 5.04. The van der Waals surface area contributed by atoms with Crippen molar-refractivity contribution in [1.29, 1.82) is 0 Å². The molecule has 19 heavy (non-hydrogen) atoms. The molecule has 0 heterocycles. The van der Waals surface area contributed by atoms with Crippen molar-refractivity contribution < 1.29 is 0 Å². The quantitative estimate of drug-likeness (QED) is 0.829. The van der Waals surface area contributed by atoms with Crippen LogP contribution < -0.4 is 5.32 Å². The molecule has 0 aliphatic heterocycles. The van der Waals surface area contributed by atoms with E-state index in [0.717, 1.165) is 23.9 Å². The van der Waals surface area contributed by atoms with Crippen molar-refractivity contribution in [2.45, 2.75) is 45.6 Å². The van der Waals surface area contributed by atoms with Crippen molar-refractivity contribution in [3.63, 3.8) is 0 Å². The van der Waals surface area contributed by atoms with E-state index in [1.54, 1.807) is 0 Å². The fourth-order valence-electron chi connectivity index (χ4n) is 3.24. The van der Waals surface area contributed by atoms with Crippen LogP contribution in [0.15, 0.2) is 18.2 Å². The monoisotopic (exact) mass is 299 g/mol. The van der Waals surface area contributed by atoms with Gasteiger partial charge in [-0.2, -0.15) is 0 Å². The first-order valence-corrected chi connectivity index (χ1v) is 8.03. The van der Waals surface area contributed by atoms with Gasteiger partial charge in [0.15, 0.2) is 0 Å². The molecule has 1 nitrogen and oxygen atoms in total. The summed E-state index contributed by atoms with van der Waals surface area (Å²) in [5.41, 5.74) is 1.19. The second-order valence-electron chi connectivity index (χ2n) is 5.76. The summed E-state index contributed by atoms with van der Waals surface area (Å²) in [5.74, 6) is 1.48. The minimum atomic E-state index is 0.622. The van der Waals surface area contributed by atoms with Crippen molar-refractivity contribution in [3.8, 4) is 0 Å². The zero-order valence-corrected chi connectivity index (χ0v) is 13.3. The molecule has 0 amide bonds. The third kappa shape index (κ3) is 3.87. The molecule has 0 aromatic heterocycles. The maximum atomic E-state index is 6.32. The van der Waals surface area contributed by atoms with Crippen molar-refractivity contribution in [2.75, 3.05) is 6.54 Å². The number of benzene rings is 1. The lowest BCUT2D eigenvalue weighted by Crippen LogP contribution is -2.41. The second kappa shape index (κ2) is 6.97. The van der Waals surface area contributed by atoms with Gasteiger partial charge < -0.3 is 5.32 Å². The largest absolute Gasteiger partial charge is 0.314 e. The summed E-state index contributed by atoms with van der Waals surface area (Å²) in [7, 11) is 0. The van der Waals surface area contributed by atoms with Gasteiger partial charge in [-0.15, -0.1) is 0 Å². The molecule has 3 heteroatoms. The van der Waals surface area contributed by atoms with Gasteiger partial charge in [0.25, 0.3) is 0 Å². The van der Waals surface area contributed by atoms with Crippen molar-refractivity contribution in [2.24, 2.45) is 11.8 Å². The highest BCUT2D eigenvalue weighted by Gasteiger charge is 2.28. The van der Waals surface area contributed by atoms with Gasteiger partial charge in [-0.1, -0.05) is 49.2 Å². The van der Waals surface area contributed by atoms with Gasteiger partial charge >= 0.3 is 0 Å². The Morgan fingerprint density at radius 2 is 2.05 bits per heavy atom. The predicted octanol–water partition coefficient (Wildman–Crippen LogP) is 4.95. The Bertz CT molecular complexity index is 419. The van der Waals surface area contributed by atoms with Gasteiger partial charge in [-0.05, 0) is 55.7 Å². The number of hydrogen-bond donors (Lipinski definition) is 1. The first-order valence-electron chi connectivity index (χ1n) is 7.28. The summed E-state index contributed by atoms with van der Waals surface area (Å²) in [6.07, 6.45) is 4.91. The molecule has 3 atom stereocenters. The van der Waals surface area contributed by atoms with E-state index in [-0.39, 0.29) is 0 Å². The highest BCUT2D eigenvalue weighted by atomic mass is 35.5. The van der Waals surface area contributed by atoms with Crippen LogP contribution >= 0.6 is 23.2 Å². The van der Waals surface area contributed by atoms with Crippen LogP contribution in [0.3, 0.4) is 0 Å². The maximum Gasteiger partial charge on any atom is 0.0624 e. The van der Waals surface area contributed by atoms with Crippen LogP contribution in [0.1, 0.15) is 38.7 Å². The van der Waals surface area contributed by atoms with E-state index < -0.39 is 0 Å². The Morgan fingerprint density at radius 1 is 1.26 bits per heavy atom. The summed E-state index contributed by atoms with van der Waals surface area (Å²) in [6.45, 7) is 5.58. The Labute approximate surface area is 126 Å². The van der Waals surface area contributed by atoms with Crippen molar-refractivity contribution >= 4 is 23.2 Å². The normalized spacial score (nSPS) is 27.5.